The smallest absolute Gasteiger partial charge is 0.161 e. The summed E-state index contributed by atoms with van der Waals surface area (Å²) in [5.74, 6) is 1.30. The zero-order chi connectivity index (χ0) is 22.5. The Morgan fingerprint density at radius 3 is 1.74 bits per heavy atom. The number of hydrogen-bond donors (Lipinski definition) is 0. The molecule has 0 fully saturated rings. The minimum atomic E-state index is 0.330. The number of benzene rings is 1. The molecule has 0 bridgehead atoms. The maximum atomic E-state index is 5.97. The first-order valence-electron chi connectivity index (χ1n) is 10.3. The number of nitrogens with zero attached hydrogens (tertiary/aromatic N) is 4. The lowest BCUT2D eigenvalue weighted by Gasteiger charge is -2.14. The lowest BCUT2D eigenvalue weighted by Crippen LogP contribution is -2.07. The molecule has 2 heterocycles. The van der Waals surface area contributed by atoms with Crippen molar-refractivity contribution >= 4 is 0 Å². The summed E-state index contributed by atoms with van der Waals surface area (Å²) in [6.07, 6.45) is 0. The standard InChI is InChI=1S/C24H30N4O3/c1-14-16(3)27-21(18(5)25-14)12-30-11-20-8-9-23(24(10-20)29-7)31-13-22-19(6)26-15(2)17(4)28-22/h8-10H,11-13H2,1-7H3. The molecule has 0 spiro atoms. The summed E-state index contributed by atoms with van der Waals surface area (Å²) in [5, 5.41) is 0. The van der Waals surface area contributed by atoms with Crippen LogP contribution in [0.3, 0.4) is 0 Å². The van der Waals surface area contributed by atoms with E-state index in [2.05, 4.69) is 19.9 Å². The number of aromatic nitrogens is 4. The van der Waals surface area contributed by atoms with Crippen LogP contribution in [0.15, 0.2) is 18.2 Å². The Bertz CT molecular complexity index is 1080. The summed E-state index contributed by atoms with van der Waals surface area (Å²) in [6.45, 7) is 12.9. The van der Waals surface area contributed by atoms with Gasteiger partial charge in [0.25, 0.3) is 0 Å². The molecule has 2 aromatic heterocycles. The number of aryl methyl sites for hydroxylation is 6. The molecule has 0 N–H and O–H groups in total. The summed E-state index contributed by atoms with van der Waals surface area (Å²) >= 11 is 0. The number of rotatable bonds is 8. The van der Waals surface area contributed by atoms with Gasteiger partial charge in [-0.25, -0.2) is 0 Å². The van der Waals surface area contributed by atoms with E-state index in [1.807, 2.05) is 59.7 Å². The van der Waals surface area contributed by atoms with E-state index < -0.39 is 0 Å². The average molecular weight is 423 g/mol. The van der Waals surface area contributed by atoms with Crippen LogP contribution in [-0.2, 0) is 24.6 Å². The Balaban J connectivity index is 1.63. The fourth-order valence-corrected chi connectivity index (χ4v) is 3.13. The highest BCUT2D eigenvalue weighted by atomic mass is 16.5. The normalized spacial score (nSPS) is 10.9. The topological polar surface area (TPSA) is 79.2 Å². The predicted molar refractivity (Wildman–Crippen MR) is 118 cm³/mol. The van der Waals surface area contributed by atoms with E-state index >= 15 is 0 Å². The molecule has 0 unspecified atom stereocenters. The van der Waals surface area contributed by atoms with E-state index in [1.54, 1.807) is 7.11 Å². The van der Waals surface area contributed by atoms with Crippen LogP contribution >= 0.6 is 0 Å². The second-order valence-corrected chi connectivity index (χ2v) is 7.62. The molecule has 0 saturated heterocycles. The molecule has 164 valence electrons. The van der Waals surface area contributed by atoms with Crippen molar-refractivity contribution in [3.05, 3.63) is 69.3 Å². The molecule has 3 rings (SSSR count). The summed E-state index contributed by atoms with van der Waals surface area (Å²) in [6, 6.07) is 5.78. The summed E-state index contributed by atoms with van der Waals surface area (Å²) in [4.78, 5) is 18.2. The maximum absolute atomic E-state index is 5.97. The second-order valence-electron chi connectivity index (χ2n) is 7.62. The largest absolute Gasteiger partial charge is 0.493 e. The molecule has 1 aromatic carbocycles. The van der Waals surface area contributed by atoms with E-state index in [9.17, 15) is 0 Å². The van der Waals surface area contributed by atoms with Crippen LogP contribution in [-0.4, -0.2) is 27.0 Å². The van der Waals surface area contributed by atoms with E-state index in [0.717, 1.165) is 51.1 Å². The fourth-order valence-electron chi connectivity index (χ4n) is 3.13. The third-order valence-electron chi connectivity index (χ3n) is 5.26. The van der Waals surface area contributed by atoms with Gasteiger partial charge in [-0.2, -0.15) is 0 Å². The van der Waals surface area contributed by atoms with Crippen LogP contribution in [0, 0.1) is 41.5 Å². The highest BCUT2D eigenvalue weighted by Gasteiger charge is 2.11. The first-order valence-corrected chi connectivity index (χ1v) is 10.3. The van der Waals surface area contributed by atoms with Crippen LogP contribution in [0.2, 0.25) is 0 Å². The lowest BCUT2D eigenvalue weighted by molar-refractivity contribution is 0.103. The molecule has 7 nitrogen and oxygen atoms in total. The molecule has 0 aliphatic heterocycles. The van der Waals surface area contributed by atoms with Crippen LogP contribution in [0.25, 0.3) is 0 Å². The average Bonchev–Trinajstić information content (AvgIpc) is 2.73. The quantitative estimate of drug-likeness (QED) is 0.531. The molecule has 0 aliphatic rings. The molecule has 0 atom stereocenters. The van der Waals surface area contributed by atoms with Gasteiger partial charge in [0.2, 0.25) is 0 Å². The van der Waals surface area contributed by atoms with Gasteiger partial charge in [-0.05, 0) is 59.2 Å². The number of hydrogen-bond acceptors (Lipinski definition) is 7. The predicted octanol–water partition coefficient (Wildman–Crippen LogP) is 4.42. The summed E-state index contributed by atoms with van der Waals surface area (Å²) in [5.41, 5.74) is 8.16. The molecular formula is C24H30N4O3. The highest BCUT2D eigenvalue weighted by Crippen LogP contribution is 2.29. The Morgan fingerprint density at radius 2 is 1.16 bits per heavy atom. The minimum absolute atomic E-state index is 0.330. The van der Waals surface area contributed by atoms with Crippen molar-refractivity contribution in [1.29, 1.82) is 0 Å². The van der Waals surface area contributed by atoms with E-state index in [0.29, 0.717) is 31.3 Å². The van der Waals surface area contributed by atoms with Crippen molar-refractivity contribution in [2.24, 2.45) is 0 Å². The van der Waals surface area contributed by atoms with Gasteiger partial charge in [-0.15, -0.1) is 0 Å². The summed E-state index contributed by atoms with van der Waals surface area (Å²) in [7, 11) is 1.63. The molecule has 0 radical (unpaired) electrons. The maximum Gasteiger partial charge on any atom is 0.161 e. The van der Waals surface area contributed by atoms with E-state index in [-0.39, 0.29) is 0 Å². The van der Waals surface area contributed by atoms with Crippen LogP contribution in [0.5, 0.6) is 11.5 Å². The highest BCUT2D eigenvalue weighted by molar-refractivity contribution is 5.43. The van der Waals surface area contributed by atoms with Gasteiger partial charge in [-0.1, -0.05) is 6.07 Å². The molecule has 0 amide bonds. The number of methoxy groups -OCH3 is 1. The second kappa shape index (κ2) is 9.83. The van der Waals surface area contributed by atoms with Gasteiger partial charge >= 0.3 is 0 Å². The van der Waals surface area contributed by atoms with Gasteiger partial charge in [-0.3, -0.25) is 19.9 Å². The zero-order valence-corrected chi connectivity index (χ0v) is 19.4. The molecular weight excluding hydrogens is 392 g/mol. The first kappa shape index (κ1) is 22.6. The molecule has 31 heavy (non-hydrogen) atoms. The monoisotopic (exact) mass is 422 g/mol. The van der Waals surface area contributed by atoms with Gasteiger partial charge in [0.15, 0.2) is 11.5 Å². The Labute approximate surface area is 183 Å². The fraction of sp³-hybridized carbons (Fsp3) is 0.417. The Hall–Kier alpha value is -3.06. The van der Waals surface area contributed by atoms with Gasteiger partial charge in [0.05, 0.1) is 65.9 Å². The van der Waals surface area contributed by atoms with Crippen molar-refractivity contribution in [2.45, 2.75) is 61.4 Å². The zero-order valence-electron chi connectivity index (χ0n) is 19.4. The van der Waals surface area contributed by atoms with Crippen LogP contribution < -0.4 is 9.47 Å². The van der Waals surface area contributed by atoms with Crippen molar-refractivity contribution in [1.82, 2.24) is 19.9 Å². The third-order valence-corrected chi connectivity index (χ3v) is 5.26. The SMILES string of the molecule is COc1cc(COCc2nc(C)c(C)nc2C)ccc1OCc1nc(C)c(C)nc1C. The third kappa shape index (κ3) is 5.55. The van der Waals surface area contributed by atoms with Gasteiger partial charge in [0.1, 0.15) is 6.61 Å². The van der Waals surface area contributed by atoms with Gasteiger partial charge < -0.3 is 14.2 Å². The lowest BCUT2D eigenvalue weighted by atomic mass is 10.2. The molecule has 0 saturated carbocycles. The first-order chi connectivity index (χ1) is 14.8. The minimum Gasteiger partial charge on any atom is -0.493 e. The van der Waals surface area contributed by atoms with Crippen molar-refractivity contribution < 1.29 is 14.2 Å². The van der Waals surface area contributed by atoms with Crippen molar-refractivity contribution in [3.8, 4) is 11.5 Å². The van der Waals surface area contributed by atoms with Crippen molar-refractivity contribution in [3.63, 3.8) is 0 Å². The van der Waals surface area contributed by atoms with Crippen molar-refractivity contribution in [2.75, 3.05) is 7.11 Å². The Morgan fingerprint density at radius 1 is 0.613 bits per heavy atom. The molecule has 0 aliphatic carbocycles. The number of ether oxygens (including phenoxy) is 3. The summed E-state index contributed by atoms with van der Waals surface area (Å²) < 4.78 is 17.4. The van der Waals surface area contributed by atoms with Crippen LogP contribution in [0.1, 0.15) is 51.1 Å². The van der Waals surface area contributed by atoms with E-state index in [1.165, 1.54) is 0 Å². The molecule has 3 aromatic rings. The van der Waals surface area contributed by atoms with Crippen LogP contribution in [0.4, 0.5) is 0 Å². The van der Waals surface area contributed by atoms with Gasteiger partial charge in [0, 0.05) is 0 Å². The van der Waals surface area contributed by atoms with E-state index in [4.69, 9.17) is 14.2 Å². The molecule has 7 heteroatoms. The Kier molecular flexibility index (Phi) is 7.17.